The first-order valence-corrected chi connectivity index (χ1v) is 11.2. The molecule has 5 heteroatoms. The van der Waals surface area contributed by atoms with Crippen molar-refractivity contribution in [1.82, 2.24) is 14.8 Å². The summed E-state index contributed by atoms with van der Waals surface area (Å²) >= 11 is 0. The van der Waals surface area contributed by atoms with E-state index < -0.39 is 0 Å². The number of hydrogen-bond donors (Lipinski definition) is 0. The highest BCUT2D eigenvalue weighted by atomic mass is 19.1. The Hall–Kier alpha value is -2.27. The highest BCUT2D eigenvalue weighted by Gasteiger charge is 2.29. The van der Waals surface area contributed by atoms with Crippen LogP contribution in [0.5, 0.6) is 0 Å². The summed E-state index contributed by atoms with van der Waals surface area (Å²) in [5, 5.41) is 0. The summed E-state index contributed by atoms with van der Waals surface area (Å²) in [5.74, 6) is 0.969. The number of amides is 1. The summed E-state index contributed by atoms with van der Waals surface area (Å²) in [7, 11) is 0. The lowest BCUT2D eigenvalue weighted by Crippen LogP contribution is -2.39. The number of aromatic nitrogens is 1. The van der Waals surface area contributed by atoms with Gasteiger partial charge in [0.1, 0.15) is 5.82 Å². The molecule has 0 bridgehead atoms. The fourth-order valence-corrected chi connectivity index (χ4v) is 4.71. The number of halogens is 1. The average molecular weight is 410 g/mol. The summed E-state index contributed by atoms with van der Waals surface area (Å²) in [6.45, 7) is 8.59. The van der Waals surface area contributed by atoms with E-state index in [1.54, 1.807) is 12.1 Å². The Morgan fingerprint density at radius 3 is 2.50 bits per heavy atom. The number of likely N-dealkylation sites (tertiary alicyclic amines) is 2. The van der Waals surface area contributed by atoms with Gasteiger partial charge >= 0.3 is 0 Å². The van der Waals surface area contributed by atoms with Crippen LogP contribution in [-0.4, -0.2) is 46.9 Å². The Morgan fingerprint density at radius 2 is 1.80 bits per heavy atom. The molecule has 2 fully saturated rings. The molecule has 0 atom stereocenters. The molecule has 2 aromatic rings. The molecule has 2 aliphatic heterocycles. The molecule has 0 spiro atoms. The first kappa shape index (κ1) is 21.0. The summed E-state index contributed by atoms with van der Waals surface area (Å²) in [4.78, 5) is 22.5. The standard InChI is InChI=1S/C25H32FN3O/c1-18-8-14-29(15-9-18)25(30)23-7-6-19(2)27-24(23)21-10-12-28(13-11-21)17-20-4-3-5-22(26)16-20/h3-7,16,18,21H,8-15,17H2,1-2H3. The molecule has 1 aromatic carbocycles. The van der Waals surface area contributed by atoms with Crippen molar-refractivity contribution in [2.75, 3.05) is 26.2 Å². The van der Waals surface area contributed by atoms with E-state index in [0.29, 0.717) is 11.8 Å². The van der Waals surface area contributed by atoms with Crippen LogP contribution in [0.2, 0.25) is 0 Å². The van der Waals surface area contributed by atoms with Gasteiger partial charge in [-0.1, -0.05) is 19.1 Å². The lowest BCUT2D eigenvalue weighted by Gasteiger charge is -2.34. The zero-order valence-corrected chi connectivity index (χ0v) is 18.1. The number of carbonyl (C=O) groups excluding carboxylic acids is 1. The number of hydrogen-bond acceptors (Lipinski definition) is 3. The Morgan fingerprint density at radius 1 is 1.07 bits per heavy atom. The molecule has 30 heavy (non-hydrogen) atoms. The lowest BCUT2D eigenvalue weighted by molar-refractivity contribution is 0.0694. The molecule has 3 heterocycles. The molecule has 160 valence electrons. The van der Waals surface area contributed by atoms with Crippen molar-refractivity contribution in [3.8, 4) is 0 Å². The number of nitrogens with zero attached hydrogens (tertiary/aromatic N) is 3. The molecular weight excluding hydrogens is 377 g/mol. The molecule has 0 N–H and O–H groups in total. The van der Waals surface area contributed by atoms with Gasteiger partial charge in [-0.05, 0) is 81.4 Å². The number of aryl methyl sites for hydroxylation is 1. The number of benzene rings is 1. The fourth-order valence-electron chi connectivity index (χ4n) is 4.71. The van der Waals surface area contributed by atoms with Crippen LogP contribution in [0, 0.1) is 18.7 Å². The number of piperidine rings is 2. The predicted octanol–water partition coefficient (Wildman–Crippen LogP) is 4.78. The zero-order chi connectivity index (χ0) is 21.1. The van der Waals surface area contributed by atoms with Gasteiger partial charge < -0.3 is 4.90 Å². The van der Waals surface area contributed by atoms with Crippen molar-refractivity contribution in [1.29, 1.82) is 0 Å². The summed E-state index contributed by atoms with van der Waals surface area (Å²) < 4.78 is 13.5. The van der Waals surface area contributed by atoms with Crippen LogP contribution < -0.4 is 0 Å². The van der Waals surface area contributed by atoms with E-state index in [0.717, 1.165) is 80.9 Å². The minimum Gasteiger partial charge on any atom is -0.339 e. The topological polar surface area (TPSA) is 36.4 Å². The molecule has 1 aromatic heterocycles. The second kappa shape index (κ2) is 9.25. The maximum absolute atomic E-state index is 13.5. The summed E-state index contributed by atoms with van der Waals surface area (Å²) in [5.41, 5.74) is 3.75. The van der Waals surface area contributed by atoms with E-state index in [4.69, 9.17) is 4.98 Å². The van der Waals surface area contributed by atoms with Crippen molar-refractivity contribution in [2.45, 2.75) is 52.0 Å². The molecule has 4 rings (SSSR count). The number of carbonyl (C=O) groups is 1. The van der Waals surface area contributed by atoms with E-state index in [1.807, 2.05) is 30.0 Å². The minimum absolute atomic E-state index is 0.145. The van der Waals surface area contributed by atoms with Crippen molar-refractivity contribution in [2.24, 2.45) is 5.92 Å². The maximum Gasteiger partial charge on any atom is 0.255 e. The number of pyridine rings is 1. The van der Waals surface area contributed by atoms with Crippen LogP contribution in [-0.2, 0) is 6.54 Å². The monoisotopic (exact) mass is 409 g/mol. The summed E-state index contributed by atoms with van der Waals surface area (Å²) in [6.07, 6.45) is 4.11. The molecule has 2 aliphatic rings. The minimum atomic E-state index is -0.179. The van der Waals surface area contributed by atoms with Gasteiger partial charge in [-0.25, -0.2) is 4.39 Å². The van der Waals surface area contributed by atoms with E-state index in [-0.39, 0.29) is 11.7 Å². The quantitative estimate of drug-likeness (QED) is 0.729. The lowest BCUT2D eigenvalue weighted by atomic mass is 9.89. The van der Waals surface area contributed by atoms with E-state index >= 15 is 0 Å². The highest BCUT2D eigenvalue weighted by molar-refractivity contribution is 5.95. The Bertz CT molecular complexity index is 884. The van der Waals surface area contributed by atoms with Gasteiger partial charge in [-0.15, -0.1) is 0 Å². The Kier molecular flexibility index (Phi) is 6.47. The van der Waals surface area contributed by atoms with E-state index in [9.17, 15) is 9.18 Å². The smallest absolute Gasteiger partial charge is 0.255 e. The van der Waals surface area contributed by atoms with Gasteiger partial charge in [-0.2, -0.15) is 0 Å². The Balaban J connectivity index is 1.44. The van der Waals surface area contributed by atoms with Gasteiger partial charge in [0.2, 0.25) is 0 Å². The van der Waals surface area contributed by atoms with Crippen molar-refractivity contribution in [3.05, 3.63) is 64.7 Å². The number of rotatable bonds is 4. The van der Waals surface area contributed by atoms with Crippen LogP contribution in [0.15, 0.2) is 36.4 Å². The SMILES string of the molecule is Cc1ccc(C(=O)N2CCC(C)CC2)c(C2CCN(Cc3cccc(F)c3)CC2)n1. The normalized spacial score (nSPS) is 19.2. The van der Waals surface area contributed by atoms with Gasteiger partial charge in [-0.3, -0.25) is 14.7 Å². The van der Waals surface area contributed by atoms with Gasteiger partial charge in [0.15, 0.2) is 0 Å². The molecule has 1 amide bonds. The average Bonchev–Trinajstić information content (AvgIpc) is 2.74. The summed E-state index contributed by atoms with van der Waals surface area (Å²) in [6, 6.07) is 10.8. The predicted molar refractivity (Wildman–Crippen MR) is 117 cm³/mol. The van der Waals surface area contributed by atoms with Crippen molar-refractivity contribution < 1.29 is 9.18 Å². The molecule has 0 aliphatic carbocycles. The van der Waals surface area contributed by atoms with Crippen LogP contribution >= 0.6 is 0 Å². The molecule has 0 unspecified atom stereocenters. The third-order valence-corrected chi connectivity index (χ3v) is 6.63. The van der Waals surface area contributed by atoms with Crippen LogP contribution in [0.3, 0.4) is 0 Å². The van der Waals surface area contributed by atoms with Crippen molar-refractivity contribution in [3.63, 3.8) is 0 Å². The molecule has 0 saturated carbocycles. The third kappa shape index (κ3) is 4.89. The van der Waals surface area contributed by atoms with Crippen LogP contribution in [0.25, 0.3) is 0 Å². The van der Waals surface area contributed by atoms with Crippen LogP contribution in [0.4, 0.5) is 4.39 Å². The second-order valence-electron chi connectivity index (χ2n) is 9.04. The first-order valence-electron chi connectivity index (χ1n) is 11.2. The van der Waals surface area contributed by atoms with E-state index in [2.05, 4.69) is 11.8 Å². The fraction of sp³-hybridized carbons (Fsp3) is 0.520. The van der Waals surface area contributed by atoms with Gasteiger partial charge in [0, 0.05) is 31.2 Å². The second-order valence-corrected chi connectivity index (χ2v) is 9.04. The van der Waals surface area contributed by atoms with Gasteiger partial charge in [0.25, 0.3) is 5.91 Å². The highest BCUT2D eigenvalue weighted by Crippen LogP contribution is 2.31. The first-order chi connectivity index (χ1) is 14.5. The maximum atomic E-state index is 13.5. The van der Waals surface area contributed by atoms with Crippen LogP contribution in [0.1, 0.15) is 65.8 Å². The Labute approximate surface area is 179 Å². The third-order valence-electron chi connectivity index (χ3n) is 6.63. The van der Waals surface area contributed by atoms with Crippen molar-refractivity contribution >= 4 is 5.91 Å². The molecule has 4 nitrogen and oxygen atoms in total. The van der Waals surface area contributed by atoms with Gasteiger partial charge in [0.05, 0.1) is 11.3 Å². The van der Waals surface area contributed by atoms with E-state index in [1.165, 1.54) is 6.07 Å². The molecule has 0 radical (unpaired) electrons. The molecular formula is C25H32FN3O. The molecule has 2 saturated heterocycles. The zero-order valence-electron chi connectivity index (χ0n) is 18.1. The largest absolute Gasteiger partial charge is 0.339 e.